The second-order valence-electron chi connectivity index (χ2n) is 4.53. The van der Waals surface area contributed by atoms with Crippen LogP contribution in [0, 0.1) is 0 Å². The van der Waals surface area contributed by atoms with Crippen LogP contribution in [0.15, 0.2) is 53.5 Å². The Kier molecular flexibility index (Phi) is 5.10. The van der Waals surface area contributed by atoms with Gasteiger partial charge in [-0.15, -0.1) is 0 Å². The summed E-state index contributed by atoms with van der Waals surface area (Å²) >= 11 is 0. The van der Waals surface area contributed by atoms with Gasteiger partial charge < -0.3 is 9.84 Å². The van der Waals surface area contributed by atoms with Gasteiger partial charge in [0.2, 0.25) is 0 Å². The molecule has 4 nitrogen and oxygen atoms in total. The minimum absolute atomic E-state index is 0.256. The number of nitrogens with zero attached hydrogens (tertiary/aromatic N) is 1. The zero-order valence-corrected chi connectivity index (χ0v) is 11.8. The van der Waals surface area contributed by atoms with Crippen LogP contribution < -0.4 is 4.74 Å². The first-order valence-corrected chi connectivity index (χ1v) is 6.79. The van der Waals surface area contributed by atoms with Gasteiger partial charge in [0, 0.05) is 6.21 Å². The maximum Gasteiger partial charge on any atom is 0.335 e. The molecule has 108 valence electrons. The van der Waals surface area contributed by atoms with E-state index < -0.39 is 5.97 Å². The van der Waals surface area contributed by atoms with Crippen LogP contribution in [0.3, 0.4) is 0 Å². The lowest BCUT2D eigenvalue weighted by Gasteiger charge is -2.03. The smallest absolute Gasteiger partial charge is 0.335 e. The Bertz CT molecular complexity index is 615. The van der Waals surface area contributed by atoms with Crippen molar-refractivity contribution in [1.29, 1.82) is 0 Å². The number of rotatable bonds is 6. The number of carboxylic acids is 1. The van der Waals surface area contributed by atoms with Crippen molar-refractivity contribution < 1.29 is 14.6 Å². The molecule has 0 aliphatic heterocycles. The highest BCUT2D eigenvalue weighted by Gasteiger charge is 2.00. The van der Waals surface area contributed by atoms with Crippen molar-refractivity contribution in [2.24, 2.45) is 4.99 Å². The molecule has 0 saturated heterocycles. The van der Waals surface area contributed by atoms with E-state index in [1.165, 1.54) is 12.1 Å². The molecule has 0 heterocycles. The van der Waals surface area contributed by atoms with E-state index in [4.69, 9.17) is 9.84 Å². The molecule has 0 atom stereocenters. The number of ether oxygens (including phenoxy) is 1. The second-order valence-corrected chi connectivity index (χ2v) is 4.53. The summed E-state index contributed by atoms with van der Waals surface area (Å²) < 4.78 is 5.51. The quantitative estimate of drug-likeness (QED) is 0.817. The Hall–Kier alpha value is -2.62. The number of aromatic carboxylic acids is 1. The molecule has 2 rings (SSSR count). The largest absolute Gasteiger partial charge is 0.494 e. The lowest BCUT2D eigenvalue weighted by molar-refractivity contribution is 0.0697. The molecule has 21 heavy (non-hydrogen) atoms. The molecule has 0 aromatic heterocycles. The molecular formula is C17H17NO3. The first-order chi connectivity index (χ1) is 10.2. The molecule has 0 bridgehead atoms. The molecule has 1 N–H and O–H groups in total. The highest BCUT2D eigenvalue weighted by Crippen LogP contribution is 2.15. The highest BCUT2D eigenvalue weighted by atomic mass is 16.5. The van der Waals surface area contributed by atoms with Gasteiger partial charge in [0.25, 0.3) is 0 Å². The van der Waals surface area contributed by atoms with Crippen molar-refractivity contribution in [2.75, 3.05) is 6.61 Å². The molecule has 0 saturated carbocycles. The molecule has 0 aliphatic rings. The minimum Gasteiger partial charge on any atom is -0.494 e. The Balaban J connectivity index is 2.01. The zero-order valence-electron chi connectivity index (χ0n) is 11.8. The standard InChI is InChI=1S/C17H17NO3/c1-2-11-21-16-9-3-13(4-10-16)12-18-15-7-5-14(6-8-15)17(19)20/h3-10,12H,2,11H2,1H3,(H,19,20). The van der Waals surface area contributed by atoms with Gasteiger partial charge in [-0.3, -0.25) is 4.99 Å². The van der Waals surface area contributed by atoms with Gasteiger partial charge in [-0.1, -0.05) is 6.92 Å². The molecule has 0 fully saturated rings. The Morgan fingerprint density at radius 1 is 1.14 bits per heavy atom. The van der Waals surface area contributed by atoms with Crippen LogP contribution in [0.25, 0.3) is 0 Å². The van der Waals surface area contributed by atoms with Crippen molar-refractivity contribution in [3.63, 3.8) is 0 Å². The van der Waals surface area contributed by atoms with E-state index in [0.717, 1.165) is 17.7 Å². The molecule has 4 heteroatoms. The molecular weight excluding hydrogens is 266 g/mol. The van der Waals surface area contributed by atoms with E-state index in [2.05, 4.69) is 11.9 Å². The van der Waals surface area contributed by atoms with Gasteiger partial charge in [-0.25, -0.2) is 4.79 Å². The van der Waals surface area contributed by atoms with Gasteiger partial charge in [0.15, 0.2) is 0 Å². The highest BCUT2D eigenvalue weighted by molar-refractivity contribution is 5.88. The molecule has 0 unspecified atom stereocenters. The molecule has 2 aromatic carbocycles. The average Bonchev–Trinajstić information content (AvgIpc) is 2.52. The fourth-order valence-corrected chi connectivity index (χ4v) is 1.71. The average molecular weight is 283 g/mol. The Morgan fingerprint density at radius 2 is 1.81 bits per heavy atom. The van der Waals surface area contributed by atoms with Crippen LogP contribution in [0.1, 0.15) is 29.3 Å². The molecule has 0 amide bonds. The molecule has 0 aliphatic carbocycles. The van der Waals surface area contributed by atoms with E-state index in [0.29, 0.717) is 12.3 Å². The topological polar surface area (TPSA) is 58.9 Å². The van der Waals surface area contributed by atoms with E-state index in [-0.39, 0.29) is 5.56 Å². The molecule has 0 radical (unpaired) electrons. The van der Waals surface area contributed by atoms with Crippen molar-refractivity contribution in [2.45, 2.75) is 13.3 Å². The summed E-state index contributed by atoms with van der Waals surface area (Å²) in [6.45, 7) is 2.78. The number of carboxylic acid groups (broad SMARTS) is 1. The van der Waals surface area contributed by atoms with Gasteiger partial charge >= 0.3 is 5.97 Å². The third-order valence-corrected chi connectivity index (χ3v) is 2.83. The summed E-state index contributed by atoms with van der Waals surface area (Å²) in [4.78, 5) is 15.1. The maximum atomic E-state index is 10.7. The summed E-state index contributed by atoms with van der Waals surface area (Å²) in [7, 11) is 0. The van der Waals surface area contributed by atoms with Crippen LogP contribution in [0.4, 0.5) is 5.69 Å². The number of hydrogen-bond donors (Lipinski definition) is 1. The third-order valence-electron chi connectivity index (χ3n) is 2.83. The van der Waals surface area contributed by atoms with E-state index >= 15 is 0 Å². The van der Waals surface area contributed by atoms with Crippen LogP contribution >= 0.6 is 0 Å². The van der Waals surface area contributed by atoms with Crippen LogP contribution in [-0.4, -0.2) is 23.9 Å². The zero-order chi connectivity index (χ0) is 15.1. The van der Waals surface area contributed by atoms with E-state index in [1.807, 2.05) is 24.3 Å². The summed E-state index contributed by atoms with van der Waals surface area (Å²) in [5, 5.41) is 8.82. The predicted octanol–water partition coefficient (Wildman–Crippen LogP) is 3.92. The molecule has 0 spiro atoms. The fraction of sp³-hybridized carbons (Fsp3) is 0.176. The lowest BCUT2D eigenvalue weighted by Crippen LogP contribution is -1.94. The molecule has 2 aromatic rings. The van der Waals surface area contributed by atoms with Crippen LogP contribution in [-0.2, 0) is 0 Å². The monoisotopic (exact) mass is 283 g/mol. The first kappa shape index (κ1) is 14.8. The third kappa shape index (κ3) is 4.45. The van der Waals surface area contributed by atoms with E-state index in [9.17, 15) is 4.79 Å². The number of benzene rings is 2. The van der Waals surface area contributed by atoms with Crippen LogP contribution in [0.2, 0.25) is 0 Å². The van der Waals surface area contributed by atoms with Gasteiger partial charge in [-0.2, -0.15) is 0 Å². The second kappa shape index (κ2) is 7.24. The first-order valence-electron chi connectivity index (χ1n) is 6.79. The Morgan fingerprint density at radius 3 is 2.38 bits per heavy atom. The summed E-state index contributed by atoms with van der Waals surface area (Å²) in [5.74, 6) is -0.0898. The van der Waals surface area contributed by atoms with Gasteiger partial charge in [0.1, 0.15) is 5.75 Å². The van der Waals surface area contributed by atoms with Crippen molar-refractivity contribution in [3.8, 4) is 5.75 Å². The minimum atomic E-state index is -0.937. The summed E-state index contributed by atoms with van der Waals surface area (Å²) in [6.07, 6.45) is 2.72. The SMILES string of the molecule is CCCOc1ccc(C=Nc2ccc(C(=O)O)cc2)cc1. The van der Waals surface area contributed by atoms with E-state index in [1.54, 1.807) is 18.3 Å². The maximum absolute atomic E-state index is 10.7. The van der Waals surface area contributed by atoms with Crippen molar-refractivity contribution >= 4 is 17.9 Å². The normalized spacial score (nSPS) is 10.7. The summed E-state index contributed by atoms with van der Waals surface area (Å²) in [6, 6.07) is 14.1. The summed E-state index contributed by atoms with van der Waals surface area (Å²) in [5.41, 5.74) is 1.93. The number of carbonyl (C=O) groups is 1. The fourth-order valence-electron chi connectivity index (χ4n) is 1.71. The van der Waals surface area contributed by atoms with Crippen molar-refractivity contribution in [1.82, 2.24) is 0 Å². The predicted molar refractivity (Wildman–Crippen MR) is 82.9 cm³/mol. The number of hydrogen-bond acceptors (Lipinski definition) is 3. The Labute approximate surface area is 123 Å². The van der Waals surface area contributed by atoms with Gasteiger partial charge in [0.05, 0.1) is 17.9 Å². The lowest BCUT2D eigenvalue weighted by atomic mass is 10.2. The number of aliphatic imine (C=N–C) groups is 1. The van der Waals surface area contributed by atoms with Crippen LogP contribution in [0.5, 0.6) is 5.75 Å². The van der Waals surface area contributed by atoms with Gasteiger partial charge in [-0.05, 0) is 60.5 Å². The van der Waals surface area contributed by atoms with Crippen molar-refractivity contribution in [3.05, 3.63) is 59.7 Å².